The number of esters is 2. The van der Waals surface area contributed by atoms with Crippen LogP contribution in [0.5, 0.6) is 0 Å². The van der Waals surface area contributed by atoms with Crippen LogP contribution in [0.3, 0.4) is 0 Å². The van der Waals surface area contributed by atoms with E-state index < -0.39 is 23.8 Å². The number of benzene rings is 1. The standard InChI is InChI=1S/C21H24N2O5/c1-22-11-15(20(25)27-3)14(16(12-22)21(26)28-4)10-19(24)18-9-13-7-5-6-8-17(13)23(18)2/h5-9,11,14,16H,10,12H2,1-4H3/t14-,16+/m1/s1. The monoisotopic (exact) mass is 384 g/mol. The van der Waals surface area contributed by atoms with Crippen molar-refractivity contribution in [2.75, 3.05) is 27.8 Å². The molecule has 0 fully saturated rings. The number of carbonyl (C=O) groups is 3. The van der Waals surface area contributed by atoms with Crippen molar-refractivity contribution in [1.29, 1.82) is 0 Å². The molecule has 0 N–H and O–H groups in total. The van der Waals surface area contributed by atoms with E-state index in [0.29, 0.717) is 17.8 Å². The molecule has 148 valence electrons. The Morgan fingerprint density at radius 2 is 1.82 bits per heavy atom. The van der Waals surface area contributed by atoms with E-state index in [1.54, 1.807) is 18.1 Å². The van der Waals surface area contributed by atoms with Crippen molar-refractivity contribution in [2.45, 2.75) is 6.42 Å². The van der Waals surface area contributed by atoms with Gasteiger partial charge in [0.25, 0.3) is 0 Å². The van der Waals surface area contributed by atoms with Crippen LogP contribution in [0.2, 0.25) is 0 Å². The average molecular weight is 384 g/mol. The van der Waals surface area contributed by atoms with Crippen molar-refractivity contribution in [1.82, 2.24) is 9.47 Å². The van der Waals surface area contributed by atoms with E-state index in [-0.39, 0.29) is 12.2 Å². The van der Waals surface area contributed by atoms with Gasteiger partial charge < -0.3 is 18.9 Å². The third-order valence-corrected chi connectivity index (χ3v) is 5.30. The Hall–Kier alpha value is -3.09. The number of rotatable bonds is 5. The highest BCUT2D eigenvalue weighted by atomic mass is 16.5. The Morgan fingerprint density at radius 3 is 2.46 bits per heavy atom. The molecule has 0 unspecified atom stereocenters. The number of fused-ring (bicyclic) bond motifs is 1. The maximum Gasteiger partial charge on any atom is 0.335 e. The Balaban J connectivity index is 1.97. The number of aromatic nitrogens is 1. The number of aryl methyl sites for hydroxylation is 1. The van der Waals surface area contributed by atoms with E-state index in [1.807, 2.05) is 41.9 Å². The molecular formula is C21H24N2O5. The number of hydrogen-bond donors (Lipinski definition) is 0. The second-order valence-electron chi connectivity index (χ2n) is 7.03. The molecule has 0 amide bonds. The summed E-state index contributed by atoms with van der Waals surface area (Å²) in [5.74, 6) is -2.38. The van der Waals surface area contributed by atoms with E-state index in [4.69, 9.17) is 9.47 Å². The second kappa shape index (κ2) is 7.88. The van der Waals surface area contributed by atoms with Crippen LogP contribution >= 0.6 is 0 Å². The fraction of sp³-hybridized carbons (Fsp3) is 0.381. The van der Waals surface area contributed by atoms with Crippen LogP contribution in [0, 0.1) is 11.8 Å². The maximum atomic E-state index is 13.1. The van der Waals surface area contributed by atoms with E-state index in [2.05, 4.69) is 0 Å². The van der Waals surface area contributed by atoms with Gasteiger partial charge in [0.2, 0.25) is 0 Å². The van der Waals surface area contributed by atoms with Gasteiger partial charge in [-0.25, -0.2) is 4.79 Å². The Morgan fingerprint density at radius 1 is 1.11 bits per heavy atom. The number of carbonyl (C=O) groups excluding carboxylic acids is 3. The number of nitrogens with zero attached hydrogens (tertiary/aromatic N) is 2. The van der Waals surface area contributed by atoms with Crippen LogP contribution in [0.1, 0.15) is 16.9 Å². The first-order valence-electron chi connectivity index (χ1n) is 9.03. The molecule has 0 aliphatic carbocycles. The SMILES string of the molecule is COC(=O)C1=CN(C)C[C@H](C(=O)OC)[C@@H]1CC(=O)c1cc2ccccc2n1C. The summed E-state index contributed by atoms with van der Waals surface area (Å²) < 4.78 is 11.6. The van der Waals surface area contributed by atoms with E-state index in [0.717, 1.165) is 10.9 Å². The van der Waals surface area contributed by atoms with Crippen molar-refractivity contribution >= 4 is 28.6 Å². The molecule has 2 heterocycles. The second-order valence-corrected chi connectivity index (χ2v) is 7.03. The molecule has 1 aromatic heterocycles. The summed E-state index contributed by atoms with van der Waals surface area (Å²) in [6.07, 6.45) is 1.66. The quantitative estimate of drug-likeness (QED) is 0.581. The lowest BCUT2D eigenvalue weighted by molar-refractivity contribution is -0.148. The van der Waals surface area contributed by atoms with Gasteiger partial charge in [-0.1, -0.05) is 18.2 Å². The fourth-order valence-electron chi connectivity index (χ4n) is 3.87. The third-order valence-electron chi connectivity index (χ3n) is 5.30. The van der Waals surface area contributed by atoms with Gasteiger partial charge in [0, 0.05) is 50.1 Å². The van der Waals surface area contributed by atoms with Gasteiger partial charge in [-0.05, 0) is 12.1 Å². The van der Waals surface area contributed by atoms with Crippen LogP contribution in [-0.4, -0.2) is 55.0 Å². The number of Topliss-reactive ketones (excluding diaryl/α,β-unsaturated/α-hetero) is 1. The first-order chi connectivity index (χ1) is 13.4. The molecule has 1 aliphatic rings. The zero-order valence-corrected chi connectivity index (χ0v) is 16.5. The average Bonchev–Trinajstić information content (AvgIpc) is 3.04. The number of hydrogen-bond acceptors (Lipinski definition) is 6. The summed E-state index contributed by atoms with van der Waals surface area (Å²) in [5.41, 5.74) is 1.79. The molecule has 0 saturated heterocycles. The predicted octanol–water partition coefficient (Wildman–Crippen LogP) is 2.16. The molecule has 3 rings (SSSR count). The Bertz CT molecular complexity index is 959. The number of ether oxygens (including phenoxy) is 2. The molecule has 28 heavy (non-hydrogen) atoms. The van der Waals surface area contributed by atoms with Crippen LogP contribution in [0.15, 0.2) is 42.1 Å². The van der Waals surface area contributed by atoms with Gasteiger partial charge in [0.1, 0.15) is 0 Å². The van der Waals surface area contributed by atoms with E-state index in [1.165, 1.54) is 14.2 Å². The van der Waals surface area contributed by atoms with Gasteiger partial charge in [-0.3, -0.25) is 9.59 Å². The van der Waals surface area contributed by atoms with Crippen molar-refractivity contribution in [3.05, 3.63) is 47.8 Å². The summed E-state index contributed by atoms with van der Waals surface area (Å²) in [6, 6.07) is 9.55. The lowest BCUT2D eigenvalue weighted by atomic mass is 9.79. The molecule has 0 radical (unpaired) electrons. The molecule has 2 aromatic rings. The molecule has 0 spiro atoms. The number of para-hydroxylation sites is 1. The zero-order chi connectivity index (χ0) is 20.4. The summed E-state index contributed by atoms with van der Waals surface area (Å²) in [7, 11) is 6.19. The lowest BCUT2D eigenvalue weighted by Gasteiger charge is -2.34. The Kier molecular flexibility index (Phi) is 5.53. The minimum Gasteiger partial charge on any atom is -0.469 e. The normalized spacial score (nSPS) is 19.3. The van der Waals surface area contributed by atoms with Gasteiger partial charge in [0.05, 0.1) is 31.4 Å². The highest BCUT2D eigenvalue weighted by Gasteiger charge is 2.40. The summed E-state index contributed by atoms with van der Waals surface area (Å²) in [6.45, 7) is 0.361. The first kappa shape index (κ1) is 19.7. The van der Waals surface area contributed by atoms with Crippen LogP contribution in [0.4, 0.5) is 0 Å². The van der Waals surface area contributed by atoms with Gasteiger partial charge in [-0.15, -0.1) is 0 Å². The zero-order valence-electron chi connectivity index (χ0n) is 16.5. The molecule has 1 aromatic carbocycles. The highest BCUT2D eigenvalue weighted by Crippen LogP contribution is 2.33. The minimum absolute atomic E-state index is 0.0126. The minimum atomic E-state index is -0.632. The predicted molar refractivity (Wildman–Crippen MR) is 104 cm³/mol. The molecular weight excluding hydrogens is 360 g/mol. The number of methoxy groups -OCH3 is 2. The van der Waals surface area contributed by atoms with E-state index in [9.17, 15) is 14.4 Å². The number of ketones is 1. The van der Waals surface area contributed by atoms with Gasteiger partial charge in [0.15, 0.2) is 5.78 Å². The highest BCUT2D eigenvalue weighted by molar-refractivity contribution is 6.01. The fourth-order valence-corrected chi connectivity index (χ4v) is 3.87. The van der Waals surface area contributed by atoms with Crippen LogP contribution < -0.4 is 0 Å². The summed E-state index contributed by atoms with van der Waals surface area (Å²) in [4.78, 5) is 39.6. The lowest BCUT2D eigenvalue weighted by Crippen LogP contribution is -2.42. The van der Waals surface area contributed by atoms with Crippen molar-refractivity contribution in [3.63, 3.8) is 0 Å². The van der Waals surface area contributed by atoms with Gasteiger partial charge in [-0.2, -0.15) is 0 Å². The third kappa shape index (κ3) is 3.52. The first-order valence-corrected chi connectivity index (χ1v) is 9.03. The summed E-state index contributed by atoms with van der Waals surface area (Å²) in [5, 5.41) is 0.963. The largest absolute Gasteiger partial charge is 0.469 e. The van der Waals surface area contributed by atoms with Gasteiger partial charge >= 0.3 is 11.9 Å². The molecule has 0 saturated carbocycles. The smallest absolute Gasteiger partial charge is 0.335 e. The topological polar surface area (TPSA) is 77.8 Å². The van der Waals surface area contributed by atoms with Crippen molar-refractivity contribution < 1.29 is 23.9 Å². The Labute approximate surface area is 163 Å². The summed E-state index contributed by atoms with van der Waals surface area (Å²) >= 11 is 0. The molecule has 7 nitrogen and oxygen atoms in total. The van der Waals surface area contributed by atoms with Crippen molar-refractivity contribution in [3.8, 4) is 0 Å². The van der Waals surface area contributed by atoms with Crippen LogP contribution in [0.25, 0.3) is 10.9 Å². The molecule has 2 atom stereocenters. The van der Waals surface area contributed by atoms with E-state index >= 15 is 0 Å². The molecule has 7 heteroatoms. The molecule has 1 aliphatic heterocycles. The molecule has 0 bridgehead atoms. The maximum absolute atomic E-state index is 13.1. The van der Waals surface area contributed by atoms with Crippen molar-refractivity contribution in [2.24, 2.45) is 18.9 Å². The van der Waals surface area contributed by atoms with Crippen LogP contribution in [-0.2, 0) is 26.1 Å².